The monoisotopic (exact) mass is 318 g/mol. The van der Waals surface area contributed by atoms with Crippen molar-refractivity contribution in [2.75, 3.05) is 6.61 Å². The first-order chi connectivity index (χ1) is 11.8. The van der Waals surface area contributed by atoms with E-state index in [4.69, 9.17) is 4.74 Å². The Morgan fingerprint density at radius 1 is 0.792 bits per heavy atom. The molecule has 0 aliphatic heterocycles. The summed E-state index contributed by atoms with van der Waals surface area (Å²) in [5, 5.41) is 10.8. The van der Waals surface area contributed by atoms with E-state index in [2.05, 4.69) is 6.92 Å². The van der Waals surface area contributed by atoms with Gasteiger partial charge in [0.15, 0.2) is 0 Å². The lowest BCUT2D eigenvalue weighted by molar-refractivity contribution is 0.309. The van der Waals surface area contributed by atoms with Gasteiger partial charge in [-0.3, -0.25) is 0 Å². The molecule has 0 saturated heterocycles. The third kappa shape index (κ3) is 3.60. The van der Waals surface area contributed by atoms with Crippen molar-refractivity contribution >= 4 is 0 Å². The maximum atomic E-state index is 10.8. The summed E-state index contributed by atoms with van der Waals surface area (Å²) in [6.07, 6.45) is 2.11. The second-order valence-electron chi connectivity index (χ2n) is 5.80. The lowest BCUT2D eigenvalue weighted by Crippen LogP contribution is -1.97. The molecule has 24 heavy (non-hydrogen) atoms. The molecule has 0 radical (unpaired) electrons. The second kappa shape index (κ2) is 7.69. The van der Waals surface area contributed by atoms with Gasteiger partial charge in [-0.15, -0.1) is 0 Å². The molecule has 0 spiro atoms. The molecule has 0 amide bonds. The molecule has 0 aromatic heterocycles. The van der Waals surface area contributed by atoms with Crippen molar-refractivity contribution in [1.82, 2.24) is 0 Å². The van der Waals surface area contributed by atoms with Crippen molar-refractivity contribution < 1.29 is 9.84 Å². The largest absolute Gasteiger partial charge is 0.507 e. The van der Waals surface area contributed by atoms with Gasteiger partial charge in [-0.2, -0.15) is 0 Å². The van der Waals surface area contributed by atoms with E-state index in [0.29, 0.717) is 6.61 Å². The third-order valence-corrected chi connectivity index (χ3v) is 4.02. The summed E-state index contributed by atoms with van der Waals surface area (Å²) in [4.78, 5) is 0. The van der Waals surface area contributed by atoms with E-state index in [0.717, 1.165) is 40.8 Å². The highest BCUT2D eigenvalue weighted by atomic mass is 16.5. The van der Waals surface area contributed by atoms with Crippen LogP contribution >= 0.6 is 0 Å². The SMILES string of the molecule is CCCCOc1cc(-c2ccccc2)c(O)c(-c2ccccc2)c1. The summed E-state index contributed by atoms with van der Waals surface area (Å²) in [5.74, 6) is 1.08. The van der Waals surface area contributed by atoms with Crippen molar-refractivity contribution in [1.29, 1.82) is 0 Å². The fourth-order valence-electron chi connectivity index (χ4n) is 2.70. The standard InChI is InChI=1S/C22H22O2/c1-2-3-14-24-19-15-20(17-10-6-4-7-11-17)22(23)21(16-19)18-12-8-5-9-13-18/h4-13,15-16,23H,2-3,14H2,1H3. The van der Waals surface area contributed by atoms with Gasteiger partial charge >= 0.3 is 0 Å². The van der Waals surface area contributed by atoms with Gasteiger partial charge in [0.05, 0.1) is 6.61 Å². The molecule has 0 heterocycles. The maximum absolute atomic E-state index is 10.8. The molecule has 3 aromatic carbocycles. The van der Waals surface area contributed by atoms with Crippen molar-refractivity contribution in [3.63, 3.8) is 0 Å². The molecule has 0 atom stereocenters. The molecular formula is C22H22O2. The predicted molar refractivity (Wildman–Crippen MR) is 99.4 cm³/mol. The van der Waals surface area contributed by atoms with Crippen LogP contribution in [-0.4, -0.2) is 11.7 Å². The Bertz CT molecular complexity index is 719. The van der Waals surface area contributed by atoms with Gasteiger partial charge in [-0.25, -0.2) is 0 Å². The Balaban J connectivity index is 2.09. The molecule has 3 aromatic rings. The lowest BCUT2D eigenvalue weighted by atomic mass is 9.97. The van der Waals surface area contributed by atoms with Crippen molar-refractivity contribution in [2.24, 2.45) is 0 Å². The fourth-order valence-corrected chi connectivity index (χ4v) is 2.70. The van der Waals surface area contributed by atoms with E-state index < -0.39 is 0 Å². The average molecular weight is 318 g/mol. The molecule has 0 bridgehead atoms. The molecule has 3 rings (SSSR count). The minimum absolute atomic E-state index is 0.287. The molecular weight excluding hydrogens is 296 g/mol. The van der Waals surface area contributed by atoms with E-state index >= 15 is 0 Å². The van der Waals surface area contributed by atoms with Crippen LogP contribution in [0.15, 0.2) is 72.8 Å². The van der Waals surface area contributed by atoms with Crippen molar-refractivity contribution in [3.8, 4) is 33.8 Å². The van der Waals surface area contributed by atoms with Crippen LogP contribution in [0, 0.1) is 0 Å². The van der Waals surface area contributed by atoms with Crippen LogP contribution in [0.2, 0.25) is 0 Å². The number of benzene rings is 3. The highest BCUT2D eigenvalue weighted by Gasteiger charge is 2.14. The normalized spacial score (nSPS) is 10.5. The number of rotatable bonds is 6. The average Bonchev–Trinajstić information content (AvgIpc) is 2.64. The number of unbranched alkanes of at least 4 members (excludes halogenated alkanes) is 1. The fraction of sp³-hybridized carbons (Fsp3) is 0.182. The number of phenols is 1. The van der Waals surface area contributed by atoms with Gasteiger partial charge in [0.25, 0.3) is 0 Å². The number of aromatic hydroxyl groups is 1. The Hall–Kier alpha value is -2.74. The van der Waals surface area contributed by atoms with E-state index in [1.807, 2.05) is 72.8 Å². The van der Waals surface area contributed by atoms with Crippen LogP contribution in [0.5, 0.6) is 11.5 Å². The molecule has 0 unspecified atom stereocenters. The minimum Gasteiger partial charge on any atom is -0.507 e. The molecule has 122 valence electrons. The van der Waals surface area contributed by atoms with Gasteiger partial charge in [0.1, 0.15) is 11.5 Å². The Kier molecular flexibility index (Phi) is 5.17. The summed E-state index contributed by atoms with van der Waals surface area (Å²) < 4.78 is 5.91. The quantitative estimate of drug-likeness (QED) is 0.573. The molecule has 0 fully saturated rings. The Labute approximate surface area is 143 Å². The highest BCUT2D eigenvalue weighted by molar-refractivity contribution is 5.83. The minimum atomic E-state index is 0.287. The summed E-state index contributed by atoms with van der Waals surface area (Å²) in [6.45, 7) is 2.83. The van der Waals surface area contributed by atoms with Crippen LogP contribution in [0.1, 0.15) is 19.8 Å². The van der Waals surface area contributed by atoms with Gasteiger partial charge in [-0.05, 0) is 29.7 Å². The third-order valence-electron chi connectivity index (χ3n) is 4.02. The van der Waals surface area contributed by atoms with Gasteiger partial charge < -0.3 is 9.84 Å². The first-order valence-electron chi connectivity index (χ1n) is 8.40. The Morgan fingerprint density at radius 3 is 1.75 bits per heavy atom. The molecule has 1 N–H and O–H groups in total. The zero-order valence-electron chi connectivity index (χ0n) is 13.9. The van der Waals surface area contributed by atoms with Gasteiger partial charge in [0.2, 0.25) is 0 Å². The number of hydrogen-bond acceptors (Lipinski definition) is 2. The van der Waals surface area contributed by atoms with Crippen LogP contribution in [0.4, 0.5) is 0 Å². The lowest BCUT2D eigenvalue weighted by Gasteiger charge is -2.14. The summed E-state index contributed by atoms with van der Waals surface area (Å²) in [6, 6.07) is 23.7. The van der Waals surface area contributed by atoms with Gasteiger partial charge in [-0.1, -0.05) is 74.0 Å². The zero-order valence-corrected chi connectivity index (χ0v) is 13.9. The first kappa shape index (κ1) is 16.1. The highest BCUT2D eigenvalue weighted by Crippen LogP contribution is 2.41. The Morgan fingerprint density at radius 2 is 1.29 bits per heavy atom. The van der Waals surface area contributed by atoms with E-state index in [9.17, 15) is 5.11 Å². The molecule has 0 aliphatic rings. The van der Waals surface area contributed by atoms with Crippen molar-refractivity contribution in [3.05, 3.63) is 72.8 Å². The summed E-state index contributed by atoms with van der Waals surface area (Å²) in [5.41, 5.74) is 3.55. The van der Waals surface area contributed by atoms with E-state index in [1.54, 1.807) is 0 Å². The summed E-state index contributed by atoms with van der Waals surface area (Å²) in [7, 11) is 0. The molecule has 2 nitrogen and oxygen atoms in total. The zero-order chi connectivity index (χ0) is 16.8. The van der Waals surface area contributed by atoms with E-state index in [-0.39, 0.29) is 5.75 Å². The second-order valence-corrected chi connectivity index (χ2v) is 5.80. The smallest absolute Gasteiger partial charge is 0.131 e. The summed E-state index contributed by atoms with van der Waals surface area (Å²) >= 11 is 0. The van der Waals surface area contributed by atoms with Crippen LogP contribution in [0.25, 0.3) is 22.3 Å². The maximum Gasteiger partial charge on any atom is 0.131 e. The van der Waals surface area contributed by atoms with E-state index in [1.165, 1.54) is 0 Å². The number of ether oxygens (including phenoxy) is 1. The number of phenolic OH excluding ortho intramolecular Hbond substituents is 1. The predicted octanol–water partition coefficient (Wildman–Crippen LogP) is 5.91. The van der Waals surface area contributed by atoms with Crippen LogP contribution < -0.4 is 4.74 Å². The topological polar surface area (TPSA) is 29.5 Å². The van der Waals surface area contributed by atoms with Gasteiger partial charge in [0, 0.05) is 11.1 Å². The first-order valence-corrected chi connectivity index (χ1v) is 8.40. The van der Waals surface area contributed by atoms with Crippen molar-refractivity contribution in [2.45, 2.75) is 19.8 Å². The van der Waals surface area contributed by atoms with Crippen LogP contribution in [0.3, 0.4) is 0 Å². The molecule has 0 saturated carbocycles. The van der Waals surface area contributed by atoms with Crippen LogP contribution in [-0.2, 0) is 0 Å². The number of hydrogen-bond donors (Lipinski definition) is 1. The molecule has 0 aliphatic carbocycles. The molecule has 2 heteroatoms.